The Labute approximate surface area is 145 Å². The lowest BCUT2D eigenvalue weighted by molar-refractivity contribution is 0.193. The summed E-state index contributed by atoms with van der Waals surface area (Å²) in [6, 6.07) is 0.569. The third-order valence-corrected chi connectivity index (χ3v) is 5.72. The first-order valence-corrected chi connectivity index (χ1v) is 10.3. The van der Waals surface area contributed by atoms with Gasteiger partial charge in [0.2, 0.25) is 10.0 Å². The van der Waals surface area contributed by atoms with Crippen LogP contribution in [0.1, 0.15) is 24.3 Å². The Morgan fingerprint density at radius 2 is 2.17 bits per heavy atom. The smallest absolute Gasteiger partial charge is 0.341 e. The molecular formula is C14H21N3O5S2. The van der Waals surface area contributed by atoms with E-state index in [2.05, 4.69) is 5.32 Å². The number of thiophene rings is 1. The number of carbonyl (C=O) groups excluding carboxylic acids is 2. The third kappa shape index (κ3) is 4.46. The second kappa shape index (κ2) is 7.95. The lowest BCUT2D eigenvalue weighted by atomic mass is 9.95. The van der Waals surface area contributed by atoms with Crippen LogP contribution in [-0.2, 0) is 10.0 Å². The summed E-state index contributed by atoms with van der Waals surface area (Å²) in [4.78, 5) is 24.9. The van der Waals surface area contributed by atoms with Crippen LogP contribution in [0.2, 0.25) is 0 Å². The average Bonchev–Trinajstić information content (AvgIpc) is 3.14. The zero-order chi connectivity index (χ0) is 17.7. The van der Waals surface area contributed by atoms with Crippen molar-refractivity contribution in [3.63, 3.8) is 0 Å². The number of amides is 4. The molecule has 0 aliphatic carbocycles. The zero-order valence-corrected chi connectivity index (χ0v) is 15.0. The fourth-order valence-electron chi connectivity index (χ4n) is 2.60. The molecule has 1 unspecified atom stereocenters. The molecule has 134 valence electrons. The number of sulfonamides is 1. The summed E-state index contributed by atoms with van der Waals surface area (Å²) in [5.41, 5.74) is 1.11. The van der Waals surface area contributed by atoms with Crippen molar-refractivity contribution in [1.82, 2.24) is 14.5 Å². The number of imide groups is 1. The summed E-state index contributed by atoms with van der Waals surface area (Å²) in [7, 11) is -3.65. The molecule has 0 aromatic carbocycles. The Bertz CT molecular complexity index is 675. The molecule has 24 heavy (non-hydrogen) atoms. The number of aliphatic hydroxyl groups excluding tert-OH is 1. The second-order valence-electron chi connectivity index (χ2n) is 5.56. The van der Waals surface area contributed by atoms with Crippen LogP contribution in [0.4, 0.5) is 9.59 Å². The van der Waals surface area contributed by atoms with Gasteiger partial charge in [0.05, 0.1) is 19.3 Å². The van der Waals surface area contributed by atoms with Gasteiger partial charge in [-0.2, -0.15) is 11.3 Å². The number of aliphatic hydroxyl groups is 1. The molecule has 0 spiro atoms. The molecule has 2 heterocycles. The number of carbonyl (C=O) groups is 2. The van der Waals surface area contributed by atoms with Crippen LogP contribution in [0.3, 0.4) is 0 Å². The van der Waals surface area contributed by atoms with Crippen molar-refractivity contribution in [3.05, 3.63) is 22.4 Å². The summed E-state index contributed by atoms with van der Waals surface area (Å²) in [5.74, 6) is 0.128. The minimum absolute atomic E-state index is 0.0207. The number of hydrogen-bond acceptors (Lipinski definition) is 6. The van der Waals surface area contributed by atoms with Crippen molar-refractivity contribution < 1.29 is 23.1 Å². The van der Waals surface area contributed by atoms with Gasteiger partial charge in [-0.15, -0.1) is 0 Å². The van der Waals surface area contributed by atoms with E-state index in [0.29, 0.717) is 23.7 Å². The maximum atomic E-state index is 12.1. The Balaban J connectivity index is 1.86. The molecule has 1 aromatic rings. The number of rotatable bonds is 7. The van der Waals surface area contributed by atoms with Crippen molar-refractivity contribution in [2.45, 2.75) is 18.8 Å². The van der Waals surface area contributed by atoms with E-state index in [9.17, 15) is 18.0 Å². The molecule has 2 N–H and O–H groups in total. The fraction of sp³-hybridized carbons (Fsp3) is 0.571. The lowest BCUT2D eigenvalue weighted by Gasteiger charge is -2.18. The summed E-state index contributed by atoms with van der Waals surface area (Å²) in [6.07, 6.45) is 2.16. The highest BCUT2D eigenvalue weighted by atomic mass is 32.2. The minimum atomic E-state index is -3.65. The summed E-state index contributed by atoms with van der Waals surface area (Å²) in [6.45, 7) is 0.417. The molecule has 1 atom stereocenters. The first-order valence-electron chi connectivity index (χ1n) is 7.54. The molecule has 1 aliphatic heterocycles. The van der Waals surface area contributed by atoms with Crippen molar-refractivity contribution in [1.29, 1.82) is 0 Å². The van der Waals surface area contributed by atoms with E-state index >= 15 is 0 Å². The van der Waals surface area contributed by atoms with Crippen LogP contribution >= 0.6 is 11.3 Å². The monoisotopic (exact) mass is 375 g/mol. The quantitative estimate of drug-likeness (QED) is 0.740. The molecule has 8 nitrogen and oxygen atoms in total. The van der Waals surface area contributed by atoms with Crippen LogP contribution in [-0.4, -0.2) is 67.3 Å². The van der Waals surface area contributed by atoms with Gasteiger partial charge in [0.1, 0.15) is 0 Å². The highest BCUT2D eigenvalue weighted by Gasteiger charge is 2.37. The van der Waals surface area contributed by atoms with E-state index < -0.39 is 22.1 Å². The highest BCUT2D eigenvalue weighted by molar-refractivity contribution is 7.88. The summed E-state index contributed by atoms with van der Waals surface area (Å²) in [5, 5.41) is 15.8. The SMILES string of the molecule is CS(=O)(=O)N1CCN(C(=O)NCCC(CCO)c2ccsc2)C1=O. The normalized spacial score (nSPS) is 16.5. The molecule has 2 rings (SSSR count). The maximum absolute atomic E-state index is 12.1. The number of nitrogens with zero attached hydrogens (tertiary/aromatic N) is 2. The lowest BCUT2D eigenvalue weighted by Crippen LogP contribution is -2.44. The second-order valence-corrected chi connectivity index (χ2v) is 8.24. The maximum Gasteiger partial charge on any atom is 0.341 e. The van der Waals surface area contributed by atoms with Crippen molar-refractivity contribution in [2.24, 2.45) is 0 Å². The Kier molecular flexibility index (Phi) is 6.19. The molecular weight excluding hydrogens is 354 g/mol. The molecule has 1 fully saturated rings. The van der Waals surface area contributed by atoms with Gasteiger partial charge in [-0.25, -0.2) is 27.2 Å². The van der Waals surface area contributed by atoms with Crippen LogP contribution in [0.15, 0.2) is 16.8 Å². The van der Waals surface area contributed by atoms with Gasteiger partial charge in [0, 0.05) is 13.2 Å². The summed E-state index contributed by atoms with van der Waals surface area (Å²) < 4.78 is 23.6. The van der Waals surface area contributed by atoms with E-state index in [1.807, 2.05) is 16.8 Å². The predicted molar refractivity (Wildman–Crippen MR) is 90.4 cm³/mol. The highest BCUT2D eigenvalue weighted by Crippen LogP contribution is 2.24. The van der Waals surface area contributed by atoms with Crippen molar-refractivity contribution in [2.75, 3.05) is 32.5 Å². The minimum Gasteiger partial charge on any atom is -0.396 e. The van der Waals surface area contributed by atoms with Gasteiger partial charge in [-0.3, -0.25) is 0 Å². The van der Waals surface area contributed by atoms with Crippen LogP contribution in [0, 0.1) is 0 Å². The largest absolute Gasteiger partial charge is 0.396 e. The van der Waals surface area contributed by atoms with Gasteiger partial charge in [0.25, 0.3) is 0 Å². The number of urea groups is 2. The Morgan fingerprint density at radius 3 is 2.71 bits per heavy atom. The van der Waals surface area contributed by atoms with Gasteiger partial charge in [-0.05, 0) is 41.1 Å². The average molecular weight is 375 g/mol. The van der Waals surface area contributed by atoms with Crippen molar-refractivity contribution in [3.8, 4) is 0 Å². The van der Waals surface area contributed by atoms with E-state index in [1.165, 1.54) is 0 Å². The molecule has 1 aliphatic rings. The molecule has 10 heteroatoms. The fourth-order valence-corrected chi connectivity index (χ4v) is 4.14. The van der Waals surface area contributed by atoms with Crippen LogP contribution < -0.4 is 5.32 Å². The molecule has 1 aromatic heterocycles. The predicted octanol–water partition coefficient (Wildman–Crippen LogP) is 1.01. The third-order valence-electron chi connectivity index (χ3n) is 3.88. The number of hydrogen-bond donors (Lipinski definition) is 2. The molecule has 0 bridgehead atoms. The first kappa shape index (κ1) is 18.7. The van der Waals surface area contributed by atoms with Gasteiger partial charge in [-0.1, -0.05) is 0 Å². The van der Waals surface area contributed by atoms with Crippen LogP contribution in [0.25, 0.3) is 0 Å². The first-order chi connectivity index (χ1) is 11.3. The van der Waals surface area contributed by atoms with E-state index in [1.54, 1.807) is 11.3 Å². The molecule has 4 amide bonds. The van der Waals surface area contributed by atoms with Crippen LogP contribution in [0.5, 0.6) is 0 Å². The summed E-state index contributed by atoms with van der Waals surface area (Å²) >= 11 is 1.57. The topological polar surface area (TPSA) is 107 Å². The van der Waals surface area contributed by atoms with Gasteiger partial charge < -0.3 is 10.4 Å². The van der Waals surface area contributed by atoms with Crippen molar-refractivity contribution >= 4 is 33.4 Å². The van der Waals surface area contributed by atoms with E-state index in [4.69, 9.17) is 5.11 Å². The molecule has 0 radical (unpaired) electrons. The number of nitrogens with one attached hydrogen (secondary N) is 1. The Morgan fingerprint density at radius 1 is 1.42 bits per heavy atom. The molecule has 0 saturated carbocycles. The van der Waals surface area contributed by atoms with Gasteiger partial charge in [0.15, 0.2) is 0 Å². The van der Waals surface area contributed by atoms with E-state index in [-0.39, 0.29) is 25.6 Å². The molecule has 1 saturated heterocycles. The van der Waals surface area contributed by atoms with E-state index in [0.717, 1.165) is 16.7 Å². The Hall–Kier alpha value is -1.65. The van der Waals surface area contributed by atoms with Gasteiger partial charge >= 0.3 is 12.1 Å². The zero-order valence-electron chi connectivity index (χ0n) is 13.3. The standard InChI is InChI=1S/C14H21N3O5S2/c1-24(21,22)17-7-6-16(14(17)20)13(19)15-5-2-11(3-8-18)12-4-9-23-10-12/h4,9-11,18H,2-3,5-8H2,1H3,(H,15,19).